The lowest BCUT2D eigenvalue weighted by atomic mass is 10.1. The molecule has 0 amide bonds. The van der Waals surface area contributed by atoms with E-state index in [1.807, 2.05) is 0 Å². The summed E-state index contributed by atoms with van der Waals surface area (Å²) in [5.74, 6) is 0. The van der Waals surface area contributed by atoms with Crippen LogP contribution in [-0.4, -0.2) is 56.2 Å². The Balaban J connectivity index is 1.96. The van der Waals surface area contributed by atoms with Gasteiger partial charge in [0.25, 0.3) is 10.2 Å². The normalized spacial score (nSPS) is 32.1. The first kappa shape index (κ1) is 14.2. The smallest absolute Gasteiger partial charge is 0.279 e. The predicted octanol–water partition coefficient (Wildman–Crippen LogP) is -0.580. The van der Waals surface area contributed by atoms with Crippen molar-refractivity contribution < 1.29 is 13.5 Å². The van der Waals surface area contributed by atoms with Crippen LogP contribution in [-0.2, 0) is 10.2 Å². The van der Waals surface area contributed by atoms with E-state index < -0.39 is 16.3 Å². The largest absolute Gasteiger partial charge is 0.390 e. The number of hydrogen-bond donors (Lipinski definition) is 3. The number of β-amino-alcohol motifs (C(OH)–C–C–N with tert-alkyl or cyclic N) is 1. The van der Waals surface area contributed by atoms with Gasteiger partial charge < -0.3 is 10.4 Å². The number of piperidine rings is 1. The monoisotopic (exact) mass is 277 g/mol. The molecule has 0 unspecified atom stereocenters. The Kier molecular flexibility index (Phi) is 4.97. The van der Waals surface area contributed by atoms with Gasteiger partial charge in [-0.1, -0.05) is 12.8 Å². The van der Waals surface area contributed by atoms with Gasteiger partial charge in [0, 0.05) is 19.6 Å². The van der Waals surface area contributed by atoms with Crippen LogP contribution in [0.3, 0.4) is 0 Å². The van der Waals surface area contributed by atoms with Crippen molar-refractivity contribution in [2.75, 3.05) is 26.2 Å². The van der Waals surface area contributed by atoms with E-state index >= 15 is 0 Å². The van der Waals surface area contributed by atoms with E-state index in [1.165, 1.54) is 4.31 Å². The van der Waals surface area contributed by atoms with E-state index in [9.17, 15) is 13.5 Å². The summed E-state index contributed by atoms with van der Waals surface area (Å²) in [6, 6.07) is -0.362. The second kappa shape index (κ2) is 6.29. The molecule has 0 bridgehead atoms. The lowest BCUT2D eigenvalue weighted by Gasteiger charge is -2.31. The molecule has 2 aliphatic rings. The Morgan fingerprint density at radius 1 is 1.17 bits per heavy atom. The first-order chi connectivity index (χ1) is 8.59. The molecule has 2 atom stereocenters. The quantitative estimate of drug-likeness (QED) is 0.645. The van der Waals surface area contributed by atoms with Crippen molar-refractivity contribution in [1.29, 1.82) is 0 Å². The summed E-state index contributed by atoms with van der Waals surface area (Å²) in [4.78, 5) is 0. The highest BCUT2D eigenvalue weighted by molar-refractivity contribution is 7.87. The molecule has 2 fully saturated rings. The van der Waals surface area contributed by atoms with Gasteiger partial charge in [-0.25, -0.2) is 0 Å². The minimum atomic E-state index is -3.44. The predicted molar refractivity (Wildman–Crippen MR) is 69.4 cm³/mol. The molecule has 0 aromatic heterocycles. The summed E-state index contributed by atoms with van der Waals surface area (Å²) in [5.41, 5.74) is 0. The van der Waals surface area contributed by atoms with Gasteiger partial charge in [-0.15, -0.1) is 0 Å². The molecule has 7 heteroatoms. The molecule has 6 nitrogen and oxygen atoms in total. The highest BCUT2D eigenvalue weighted by Crippen LogP contribution is 2.14. The summed E-state index contributed by atoms with van der Waals surface area (Å²) in [6.45, 7) is 2.38. The van der Waals surface area contributed by atoms with Crippen LogP contribution < -0.4 is 10.0 Å². The van der Waals surface area contributed by atoms with Crippen LogP contribution in [0.15, 0.2) is 0 Å². The fourth-order valence-electron chi connectivity index (χ4n) is 2.53. The van der Waals surface area contributed by atoms with Gasteiger partial charge in [0.15, 0.2) is 0 Å². The molecule has 0 radical (unpaired) electrons. The lowest BCUT2D eigenvalue weighted by molar-refractivity contribution is 0.112. The van der Waals surface area contributed by atoms with Crippen LogP contribution in [0.1, 0.15) is 32.1 Å². The van der Waals surface area contributed by atoms with E-state index in [0.29, 0.717) is 26.1 Å². The van der Waals surface area contributed by atoms with E-state index in [1.54, 1.807) is 0 Å². The fraction of sp³-hybridized carbons (Fsp3) is 1.00. The number of nitrogens with zero attached hydrogens (tertiary/aromatic N) is 1. The molecule has 2 heterocycles. The third kappa shape index (κ3) is 3.64. The zero-order valence-corrected chi connectivity index (χ0v) is 11.5. The Bertz CT molecular complexity index is 353. The highest BCUT2D eigenvalue weighted by atomic mass is 32.2. The maximum absolute atomic E-state index is 12.2. The molecule has 106 valence electrons. The van der Waals surface area contributed by atoms with Gasteiger partial charge in [0.05, 0.1) is 12.1 Å². The molecule has 0 saturated carbocycles. The van der Waals surface area contributed by atoms with Crippen molar-refractivity contribution >= 4 is 10.2 Å². The first-order valence-electron chi connectivity index (χ1n) is 6.76. The van der Waals surface area contributed by atoms with Gasteiger partial charge in [-0.05, 0) is 25.8 Å². The molecule has 2 saturated heterocycles. The molecule has 2 rings (SSSR count). The number of aliphatic hydroxyl groups is 1. The van der Waals surface area contributed by atoms with Crippen molar-refractivity contribution in [3.8, 4) is 0 Å². The molecule has 0 aliphatic carbocycles. The molecular weight excluding hydrogens is 254 g/mol. The van der Waals surface area contributed by atoms with Gasteiger partial charge in [0.1, 0.15) is 0 Å². The van der Waals surface area contributed by atoms with Crippen LogP contribution in [0.25, 0.3) is 0 Å². The second-order valence-electron chi connectivity index (χ2n) is 5.10. The van der Waals surface area contributed by atoms with Crippen molar-refractivity contribution in [3.05, 3.63) is 0 Å². The minimum Gasteiger partial charge on any atom is -0.390 e. The van der Waals surface area contributed by atoms with Crippen molar-refractivity contribution in [3.63, 3.8) is 0 Å². The maximum atomic E-state index is 12.2. The van der Waals surface area contributed by atoms with E-state index in [-0.39, 0.29) is 6.04 Å². The van der Waals surface area contributed by atoms with Crippen molar-refractivity contribution in [1.82, 2.24) is 14.3 Å². The summed E-state index contributed by atoms with van der Waals surface area (Å²) >= 11 is 0. The Morgan fingerprint density at radius 2 is 1.83 bits per heavy atom. The van der Waals surface area contributed by atoms with E-state index in [4.69, 9.17) is 0 Å². The Labute approximate surface area is 109 Å². The van der Waals surface area contributed by atoms with Gasteiger partial charge >= 0.3 is 0 Å². The summed E-state index contributed by atoms with van der Waals surface area (Å²) in [6.07, 6.45) is 4.05. The minimum absolute atomic E-state index is 0.362. The molecule has 2 aliphatic heterocycles. The van der Waals surface area contributed by atoms with Crippen molar-refractivity contribution in [2.24, 2.45) is 0 Å². The van der Waals surface area contributed by atoms with Crippen LogP contribution >= 0.6 is 0 Å². The summed E-state index contributed by atoms with van der Waals surface area (Å²) in [5, 5.41) is 12.8. The van der Waals surface area contributed by atoms with Crippen molar-refractivity contribution in [2.45, 2.75) is 44.2 Å². The van der Waals surface area contributed by atoms with Gasteiger partial charge in [0.2, 0.25) is 0 Å². The molecule has 0 spiro atoms. The Hall–Kier alpha value is -0.210. The van der Waals surface area contributed by atoms with Crippen LogP contribution in [0.4, 0.5) is 0 Å². The number of aliphatic hydroxyl groups excluding tert-OH is 1. The van der Waals surface area contributed by atoms with E-state index in [0.717, 1.165) is 32.2 Å². The third-order valence-corrected chi connectivity index (χ3v) is 5.30. The standard InChI is InChI=1S/C11H23N3O3S/c15-11-9-12-6-5-10(11)13-18(16,17)14-7-3-1-2-4-8-14/h10-13,15H,1-9H2/t10-,11-/m1/s1. The second-order valence-corrected chi connectivity index (χ2v) is 6.81. The number of rotatable bonds is 3. The van der Waals surface area contributed by atoms with Crippen LogP contribution in [0.5, 0.6) is 0 Å². The topological polar surface area (TPSA) is 81.7 Å². The zero-order valence-electron chi connectivity index (χ0n) is 10.6. The average Bonchev–Trinajstić information content (AvgIpc) is 2.61. The zero-order chi connectivity index (χ0) is 13.0. The Morgan fingerprint density at radius 3 is 2.44 bits per heavy atom. The van der Waals surface area contributed by atoms with Gasteiger partial charge in [-0.3, -0.25) is 0 Å². The molecular formula is C11H23N3O3S. The summed E-state index contributed by atoms with van der Waals surface area (Å²) < 4.78 is 28.6. The number of nitrogens with one attached hydrogen (secondary N) is 2. The number of hydrogen-bond acceptors (Lipinski definition) is 4. The third-order valence-electron chi connectivity index (χ3n) is 3.66. The summed E-state index contributed by atoms with van der Waals surface area (Å²) in [7, 11) is -3.44. The fourth-order valence-corrected chi connectivity index (χ4v) is 4.07. The van der Waals surface area contributed by atoms with Crippen LogP contribution in [0.2, 0.25) is 0 Å². The lowest BCUT2D eigenvalue weighted by Crippen LogP contribution is -2.55. The molecule has 18 heavy (non-hydrogen) atoms. The van der Waals surface area contributed by atoms with Gasteiger partial charge in [-0.2, -0.15) is 17.4 Å². The molecule has 0 aromatic rings. The van der Waals surface area contributed by atoms with Crippen LogP contribution in [0, 0.1) is 0 Å². The van der Waals surface area contributed by atoms with E-state index in [2.05, 4.69) is 10.0 Å². The highest BCUT2D eigenvalue weighted by Gasteiger charge is 2.30. The molecule has 0 aromatic carbocycles. The average molecular weight is 277 g/mol. The first-order valence-corrected chi connectivity index (χ1v) is 8.20. The molecule has 3 N–H and O–H groups in total. The SMILES string of the molecule is O=S(=O)(N[C@@H]1CCNC[C@H]1O)N1CCCCCC1. The maximum Gasteiger partial charge on any atom is 0.279 e.